The topological polar surface area (TPSA) is 24.5 Å². The highest BCUT2D eigenvalue weighted by Crippen LogP contribution is 2.14. The molecule has 2 rings (SSSR count). The van der Waals surface area contributed by atoms with Gasteiger partial charge in [-0.3, -0.25) is 4.90 Å². The molecular weight excluding hydrogens is 200 g/mol. The third-order valence-electron chi connectivity index (χ3n) is 3.64. The largest absolute Gasteiger partial charge is 0.373 e. The molecule has 2 aliphatic rings. The lowest BCUT2D eigenvalue weighted by Crippen LogP contribution is -2.50. The summed E-state index contributed by atoms with van der Waals surface area (Å²) in [7, 11) is 0. The molecule has 3 atom stereocenters. The van der Waals surface area contributed by atoms with Gasteiger partial charge in [0.05, 0.1) is 12.2 Å². The van der Waals surface area contributed by atoms with Crippen LogP contribution in [0.5, 0.6) is 0 Å². The summed E-state index contributed by atoms with van der Waals surface area (Å²) >= 11 is 0. The first-order valence-electron chi connectivity index (χ1n) is 6.85. The molecule has 0 aromatic heterocycles. The summed E-state index contributed by atoms with van der Waals surface area (Å²) in [6.07, 6.45) is 6.29. The number of ether oxygens (including phenoxy) is 1. The van der Waals surface area contributed by atoms with E-state index in [-0.39, 0.29) is 0 Å². The molecule has 0 aromatic carbocycles. The Morgan fingerprint density at radius 2 is 1.88 bits per heavy atom. The van der Waals surface area contributed by atoms with E-state index < -0.39 is 0 Å². The van der Waals surface area contributed by atoms with Gasteiger partial charge in [-0.2, -0.15) is 0 Å². The van der Waals surface area contributed by atoms with Gasteiger partial charge in [0.25, 0.3) is 0 Å². The molecule has 0 spiro atoms. The van der Waals surface area contributed by atoms with Crippen LogP contribution in [0.1, 0.15) is 39.5 Å². The van der Waals surface area contributed by atoms with E-state index in [1.165, 1.54) is 38.8 Å². The Hall–Kier alpha value is -0.120. The second kappa shape index (κ2) is 5.99. The minimum Gasteiger partial charge on any atom is -0.373 e. The number of nitrogens with zero attached hydrogens (tertiary/aromatic N) is 1. The summed E-state index contributed by atoms with van der Waals surface area (Å²) in [5, 5.41) is 3.68. The van der Waals surface area contributed by atoms with Crippen LogP contribution in [-0.2, 0) is 4.74 Å². The lowest BCUT2D eigenvalue weighted by atomic mass is 10.1. The van der Waals surface area contributed by atoms with Crippen molar-refractivity contribution in [2.45, 2.75) is 57.8 Å². The average molecular weight is 226 g/mol. The van der Waals surface area contributed by atoms with Gasteiger partial charge in [-0.05, 0) is 33.2 Å². The molecule has 3 nitrogen and oxygen atoms in total. The number of hydrogen-bond acceptors (Lipinski definition) is 3. The maximum Gasteiger partial charge on any atom is 0.0678 e. The first kappa shape index (κ1) is 12.3. The second-order valence-corrected chi connectivity index (χ2v) is 5.48. The maximum atomic E-state index is 5.77. The number of nitrogens with one attached hydrogen (secondary N) is 1. The highest BCUT2D eigenvalue weighted by molar-refractivity contribution is 4.79. The van der Waals surface area contributed by atoms with E-state index >= 15 is 0 Å². The van der Waals surface area contributed by atoms with Crippen molar-refractivity contribution >= 4 is 0 Å². The highest BCUT2D eigenvalue weighted by Gasteiger charge is 2.24. The van der Waals surface area contributed by atoms with E-state index in [1.807, 2.05) is 0 Å². The van der Waals surface area contributed by atoms with Gasteiger partial charge >= 0.3 is 0 Å². The molecule has 2 aliphatic heterocycles. The van der Waals surface area contributed by atoms with E-state index in [9.17, 15) is 0 Å². The van der Waals surface area contributed by atoms with Crippen LogP contribution in [0.2, 0.25) is 0 Å². The quantitative estimate of drug-likeness (QED) is 0.774. The zero-order valence-electron chi connectivity index (χ0n) is 10.7. The van der Waals surface area contributed by atoms with Crippen molar-refractivity contribution in [1.82, 2.24) is 10.2 Å². The minimum atomic E-state index is 0.398. The van der Waals surface area contributed by atoms with Crippen molar-refractivity contribution in [3.63, 3.8) is 0 Å². The van der Waals surface area contributed by atoms with Crippen molar-refractivity contribution in [1.29, 1.82) is 0 Å². The fraction of sp³-hybridized carbons (Fsp3) is 1.00. The molecular formula is C13H26N2O. The molecule has 3 heteroatoms. The van der Waals surface area contributed by atoms with Gasteiger partial charge in [0.2, 0.25) is 0 Å². The van der Waals surface area contributed by atoms with Crippen LogP contribution in [-0.4, -0.2) is 49.3 Å². The monoisotopic (exact) mass is 226 g/mol. The summed E-state index contributed by atoms with van der Waals surface area (Å²) < 4.78 is 5.77. The SMILES string of the molecule is C[C@@H]1CN(C[C@@H]2CCCCCN2)C[C@@H](C)O1. The van der Waals surface area contributed by atoms with E-state index in [2.05, 4.69) is 24.1 Å². The first-order valence-corrected chi connectivity index (χ1v) is 6.85. The van der Waals surface area contributed by atoms with Gasteiger partial charge in [0, 0.05) is 25.7 Å². The molecule has 0 aromatic rings. The third-order valence-corrected chi connectivity index (χ3v) is 3.64. The van der Waals surface area contributed by atoms with E-state index in [4.69, 9.17) is 4.74 Å². The predicted molar refractivity (Wildman–Crippen MR) is 66.7 cm³/mol. The summed E-state index contributed by atoms with van der Waals surface area (Å²) in [5.41, 5.74) is 0. The van der Waals surface area contributed by atoms with Gasteiger partial charge in [0.1, 0.15) is 0 Å². The Balaban J connectivity index is 1.78. The van der Waals surface area contributed by atoms with Crippen LogP contribution in [0.3, 0.4) is 0 Å². The number of hydrogen-bond donors (Lipinski definition) is 1. The second-order valence-electron chi connectivity index (χ2n) is 5.48. The standard InChI is InChI=1S/C13H26N2O/c1-11-8-15(9-12(2)16-11)10-13-6-4-3-5-7-14-13/h11-14H,3-10H2,1-2H3/t11-,12-,13+/m1/s1. The number of rotatable bonds is 2. The van der Waals surface area contributed by atoms with Gasteiger partial charge in [0.15, 0.2) is 0 Å². The molecule has 0 bridgehead atoms. The Morgan fingerprint density at radius 3 is 2.62 bits per heavy atom. The summed E-state index contributed by atoms with van der Waals surface area (Å²) in [4.78, 5) is 2.57. The molecule has 94 valence electrons. The molecule has 0 saturated carbocycles. The minimum absolute atomic E-state index is 0.398. The lowest BCUT2D eigenvalue weighted by Gasteiger charge is -2.37. The van der Waals surface area contributed by atoms with Crippen molar-refractivity contribution in [3.8, 4) is 0 Å². The average Bonchev–Trinajstić information content (AvgIpc) is 2.44. The first-order chi connectivity index (χ1) is 7.74. The molecule has 0 amide bonds. The van der Waals surface area contributed by atoms with Crippen LogP contribution in [0.25, 0.3) is 0 Å². The van der Waals surface area contributed by atoms with Gasteiger partial charge in [-0.1, -0.05) is 12.8 Å². The zero-order valence-corrected chi connectivity index (χ0v) is 10.7. The third kappa shape index (κ3) is 3.72. The molecule has 2 saturated heterocycles. The Kier molecular flexibility index (Phi) is 4.62. The van der Waals surface area contributed by atoms with Crippen LogP contribution in [0, 0.1) is 0 Å². The van der Waals surface area contributed by atoms with Crippen molar-refractivity contribution in [2.24, 2.45) is 0 Å². The van der Waals surface area contributed by atoms with E-state index in [1.54, 1.807) is 0 Å². The van der Waals surface area contributed by atoms with Crippen molar-refractivity contribution in [3.05, 3.63) is 0 Å². The van der Waals surface area contributed by atoms with Crippen LogP contribution >= 0.6 is 0 Å². The fourth-order valence-electron chi connectivity index (χ4n) is 3.00. The summed E-state index contributed by atoms with van der Waals surface area (Å²) in [6, 6.07) is 0.708. The maximum absolute atomic E-state index is 5.77. The molecule has 2 heterocycles. The molecule has 2 fully saturated rings. The van der Waals surface area contributed by atoms with Gasteiger partial charge in [-0.15, -0.1) is 0 Å². The van der Waals surface area contributed by atoms with Crippen molar-refractivity contribution < 1.29 is 4.74 Å². The van der Waals surface area contributed by atoms with Gasteiger partial charge < -0.3 is 10.1 Å². The normalized spacial score (nSPS) is 38.2. The van der Waals surface area contributed by atoms with E-state index in [0.29, 0.717) is 18.2 Å². The zero-order chi connectivity index (χ0) is 11.4. The Bertz CT molecular complexity index is 192. The van der Waals surface area contributed by atoms with Crippen molar-refractivity contribution in [2.75, 3.05) is 26.2 Å². The molecule has 0 aliphatic carbocycles. The highest BCUT2D eigenvalue weighted by atomic mass is 16.5. The molecule has 0 unspecified atom stereocenters. The summed E-state index contributed by atoms with van der Waals surface area (Å²) in [6.45, 7) is 8.98. The molecule has 1 N–H and O–H groups in total. The smallest absolute Gasteiger partial charge is 0.0678 e. The predicted octanol–water partition coefficient (Wildman–Crippen LogP) is 1.63. The van der Waals surface area contributed by atoms with Gasteiger partial charge in [-0.25, -0.2) is 0 Å². The fourth-order valence-corrected chi connectivity index (χ4v) is 3.00. The molecule has 0 radical (unpaired) electrons. The van der Waals surface area contributed by atoms with Crippen LogP contribution in [0.15, 0.2) is 0 Å². The van der Waals surface area contributed by atoms with Crippen LogP contribution < -0.4 is 5.32 Å². The number of morpholine rings is 1. The lowest BCUT2D eigenvalue weighted by molar-refractivity contribution is -0.0699. The molecule has 16 heavy (non-hydrogen) atoms. The van der Waals surface area contributed by atoms with Crippen LogP contribution in [0.4, 0.5) is 0 Å². The van der Waals surface area contributed by atoms with E-state index in [0.717, 1.165) is 13.1 Å². The Morgan fingerprint density at radius 1 is 1.12 bits per heavy atom. The summed E-state index contributed by atoms with van der Waals surface area (Å²) in [5.74, 6) is 0. The Labute approximate surface area is 99.5 Å².